The number of nitrogens with one attached hydrogen (secondary N) is 1. The molecule has 2 aromatic rings. The van der Waals surface area contributed by atoms with Crippen LogP contribution in [0.3, 0.4) is 0 Å². The quantitative estimate of drug-likeness (QED) is 0.691. The van der Waals surface area contributed by atoms with Gasteiger partial charge in [-0.1, -0.05) is 38.5 Å². The highest BCUT2D eigenvalue weighted by molar-refractivity contribution is 5.96. The van der Waals surface area contributed by atoms with Crippen LogP contribution in [0.25, 0.3) is 0 Å². The Morgan fingerprint density at radius 1 is 1.22 bits per heavy atom. The van der Waals surface area contributed by atoms with E-state index in [0.717, 1.165) is 36.2 Å². The summed E-state index contributed by atoms with van der Waals surface area (Å²) in [6, 6.07) is 7.36. The molecule has 0 fully saturated rings. The molecule has 0 unspecified atom stereocenters. The Balaban J connectivity index is 1.76. The minimum atomic E-state index is -0.357. The number of hydrogen-bond donors (Lipinski definition) is 1. The van der Waals surface area contributed by atoms with E-state index in [1.165, 1.54) is 0 Å². The van der Waals surface area contributed by atoms with Gasteiger partial charge < -0.3 is 14.8 Å². The van der Waals surface area contributed by atoms with Crippen molar-refractivity contribution in [3.63, 3.8) is 0 Å². The summed E-state index contributed by atoms with van der Waals surface area (Å²) in [7, 11) is 0. The predicted molar refractivity (Wildman–Crippen MR) is 123 cm³/mol. The molecule has 3 rings (SSSR count). The molecule has 0 aliphatic carbocycles. The first-order valence-electron chi connectivity index (χ1n) is 11.5. The van der Waals surface area contributed by atoms with Crippen molar-refractivity contribution in [3.8, 4) is 0 Å². The monoisotopic (exact) mass is 441 g/mol. The average Bonchev–Trinajstić information content (AvgIpc) is 3.08. The molecular formula is C25H35N3O4. The van der Waals surface area contributed by atoms with E-state index in [-0.39, 0.29) is 23.9 Å². The Morgan fingerprint density at radius 3 is 2.66 bits per heavy atom. The predicted octanol–water partition coefficient (Wildman–Crippen LogP) is 3.72. The zero-order valence-corrected chi connectivity index (χ0v) is 19.7. The summed E-state index contributed by atoms with van der Waals surface area (Å²) >= 11 is 0. The summed E-state index contributed by atoms with van der Waals surface area (Å²) in [6.45, 7) is 10.8. The number of hydrogen-bond acceptors (Lipinski definition) is 5. The summed E-state index contributed by atoms with van der Waals surface area (Å²) < 4.78 is 13.2. The Kier molecular flexibility index (Phi) is 8.07. The van der Waals surface area contributed by atoms with E-state index in [0.29, 0.717) is 43.9 Å². The maximum atomic E-state index is 12.9. The van der Waals surface area contributed by atoms with Gasteiger partial charge in [0.2, 0.25) is 0 Å². The molecule has 1 amide bonds. The molecule has 2 heterocycles. The molecule has 174 valence electrons. The molecule has 7 nitrogen and oxygen atoms in total. The van der Waals surface area contributed by atoms with Crippen molar-refractivity contribution in [2.24, 2.45) is 5.41 Å². The maximum Gasteiger partial charge on any atom is 0.338 e. The molecule has 1 aliphatic rings. The highest BCUT2D eigenvalue weighted by Crippen LogP contribution is 2.25. The smallest absolute Gasteiger partial charge is 0.338 e. The van der Waals surface area contributed by atoms with E-state index in [4.69, 9.17) is 14.6 Å². The Morgan fingerprint density at radius 2 is 1.94 bits per heavy atom. The van der Waals surface area contributed by atoms with Crippen LogP contribution in [-0.2, 0) is 28.9 Å². The number of ether oxygens (including phenoxy) is 2. The summed E-state index contributed by atoms with van der Waals surface area (Å²) in [5, 5.41) is 7.79. The van der Waals surface area contributed by atoms with Crippen molar-refractivity contribution in [1.82, 2.24) is 15.1 Å². The third kappa shape index (κ3) is 6.19. The van der Waals surface area contributed by atoms with E-state index < -0.39 is 0 Å². The molecule has 1 aliphatic heterocycles. The van der Waals surface area contributed by atoms with Crippen molar-refractivity contribution >= 4 is 11.9 Å². The molecule has 7 heteroatoms. The first-order valence-corrected chi connectivity index (χ1v) is 11.5. The normalized spacial score (nSPS) is 15.4. The highest BCUT2D eigenvalue weighted by Gasteiger charge is 2.28. The minimum absolute atomic E-state index is 0.0615. The van der Waals surface area contributed by atoms with Gasteiger partial charge in [0.25, 0.3) is 5.91 Å². The number of rotatable bonds is 6. The second-order valence-corrected chi connectivity index (χ2v) is 9.21. The lowest BCUT2D eigenvalue weighted by atomic mass is 9.94. The molecular weight excluding hydrogens is 406 g/mol. The largest absolute Gasteiger partial charge is 0.461 e. The van der Waals surface area contributed by atoms with Gasteiger partial charge in [-0.15, -0.1) is 0 Å². The third-order valence-electron chi connectivity index (χ3n) is 5.60. The number of aryl methyl sites for hydroxylation is 2. The number of amides is 1. The van der Waals surface area contributed by atoms with Gasteiger partial charge in [0.05, 0.1) is 29.1 Å². The fourth-order valence-corrected chi connectivity index (χ4v) is 3.84. The summed E-state index contributed by atoms with van der Waals surface area (Å²) in [5.41, 5.74) is 3.73. The van der Waals surface area contributed by atoms with E-state index in [1.54, 1.807) is 12.1 Å². The van der Waals surface area contributed by atoms with E-state index in [1.807, 2.05) is 44.5 Å². The fraction of sp³-hybridized carbons (Fsp3) is 0.560. The molecule has 0 atom stereocenters. The van der Waals surface area contributed by atoms with Crippen LogP contribution in [0, 0.1) is 12.3 Å². The first-order chi connectivity index (χ1) is 15.3. The Labute approximate surface area is 190 Å². The van der Waals surface area contributed by atoms with Gasteiger partial charge in [0.1, 0.15) is 0 Å². The summed E-state index contributed by atoms with van der Waals surface area (Å²) in [4.78, 5) is 25.4. The van der Waals surface area contributed by atoms with Gasteiger partial charge in [-0.25, -0.2) is 4.79 Å². The molecule has 1 aromatic heterocycles. The van der Waals surface area contributed by atoms with Gasteiger partial charge in [0, 0.05) is 31.7 Å². The van der Waals surface area contributed by atoms with E-state index in [2.05, 4.69) is 5.32 Å². The van der Waals surface area contributed by atoms with Gasteiger partial charge in [0.15, 0.2) is 0 Å². The topological polar surface area (TPSA) is 82.5 Å². The number of aromatic nitrogens is 2. The van der Waals surface area contributed by atoms with Crippen LogP contribution in [0.5, 0.6) is 0 Å². The average molecular weight is 442 g/mol. The lowest BCUT2D eigenvalue weighted by molar-refractivity contribution is 0.0304. The number of nitrogens with zero attached hydrogens (tertiary/aromatic N) is 2. The Bertz CT molecular complexity index is 931. The van der Waals surface area contributed by atoms with Gasteiger partial charge >= 0.3 is 5.97 Å². The zero-order chi connectivity index (χ0) is 23.1. The molecule has 0 saturated carbocycles. The second-order valence-electron chi connectivity index (χ2n) is 9.21. The van der Waals surface area contributed by atoms with Crippen LogP contribution in [0.15, 0.2) is 24.3 Å². The number of fused-ring (bicyclic) bond motifs is 1. The van der Waals surface area contributed by atoms with Gasteiger partial charge in [-0.2, -0.15) is 5.10 Å². The summed E-state index contributed by atoms with van der Waals surface area (Å²) in [5.74, 6) is -0.391. The van der Waals surface area contributed by atoms with Crippen molar-refractivity contribution in [3.05, 3.63) is 52.3 Å². The molecule has 32 heavy (non-hydrogen) atoms. The molecule has 0 spiro atoms. The van der Waals surface area contributed by atoms with Crippen LogP contribution in [0.4, 0.5) is 0 Å². The third-order valence-corrected chi connectivity index (χ3v) is 5.60. The molecule has 0 bridgehead atoms. The SMILES string of the molecule is CCc1nn(CC(C)(C)COC(=O)c2ccc(C)cc2)c2c1C(=O)NCCCOCCC2. The van der Waals surface area contributed by atoms with Crippen LogP contribution in [0.1, 0.15) is 71.3 Å². The molecule has 1 aromatic carbocycles. The lowest BCUT2D eigenvalue weighted by Gasteiger charge is -2.25. The van der Waals surface area contributed by atoms with Crippen LogP contribution in [0.2, 0.25) is 0 Å². The van der Waals surface area contributed by atoms with Crippen LogP contribution < -0.4 is 5.32 Å². The fourth-order valence-electron chi connectivity index (χ4n) is 3.84. The van der Waals surface area contributed by atoms with Crippen LogP contribution in [-0.4, -0.2) is 48.0 Å². The molecule has 1 N–H and O–H groups in total. The van der Waals surface area contributed by atoms with Gasteiger partial charge in [-0.05, 0) is 44.7 Å². The van der Waals surface area contributed by atoms with E-state index in [9.17, 15) is 9.59 Å². The molecule has 0 radical (unpaired) electrons. The van der Waals surface area contributed by atoms with Crippen molar-refractivity contribution in [1.29, 1.82) is 0 Å². The second kappa shape index (κ2) is 10.8. The number of esters is 1. The standard InChI is InChI=1S/C25H35N3O4/c1-5-20-22-21(8-6-14-31-15-7-13-26-23(22)29)28(27-20)16-25(3,4)17-32-24(30)19-11-9-18(2)10-12-19/h9-12H,5-8,13-17H2,1-4H3,(H,26,29). The lowest BCUT2D eigenvalue weighted by Crippen LogP contribution is -2.29. The Hall–Kier alpha value is -2.67. The highest BCUT2D eigenvalue weighted by atomic mass is 16.5. The van der Waals surface area contributed by atoms with Crippen molar-refractivity contribution in [2.45, 2.75) is 59.9 Å². The van der Waals surface area contributed by atoms with E-state index >= 15 is 0 Å². The number of benzene rings is 1. The molecule has 0 saturated heterocycles. The number of carbonyl (C=O) groups is 2. The summed E-state index contributed by atoms with van der Waals surface area (Å²) in [6.07, 6.45) is 3.03. The minimum Gasteiger partial charge on any atom is -0.461 e. The van der Waals surface area contributed by atoms with Gasteiger partial charge in [-0.3, -0.25) is 9.48 Å². The first kappa shape index (κ1) is 24.0. The zero-order valence-electron chi connectivity index (χ0n) is 19.7. The van der Waals surface area contributed by atoms with Crippen molar-refractivity contribution < 1.29 is 19.1 Å². The van der Waals surface area contributed by atoms with Crippen LogP contribution >= 0.6 is 0 Å². The maximum absolute atomic E-state index is 12.9. The number of carbonyl (C=O) groups excluding carboxylic acids is 2. The van der Waals surface area contributed by atoms with Crippen molar-refractivity contribution in [2.75, 3.05) is 26.4 Å².